The second kappa shape index (κ2) is 4.83. The number of nitrogens with zero attached hydrogens (tertiary/aromatic N) is 1. The molecule has 0 aromatic carbocycles. The number of carbonyl (C=O) groups excluding carboxylic acids is 2. The number of amides is 1. The van der Waals surface area contributed by atoms with Crippen molar-refractivity contribution in [3.63, 3.8) is 0 Å². The zero-order valence-electron chi connectivity index (χ0n) is 11.2. The second-order valence-corrected chi connectivity index (χ2v) is 5.61. The van der Waals surface area contributed by atoms with Crippen molar-refractivity contribution in [3.05, 3.63) is 23.7 Å². The summed E-state index contributed by atoms with van der Waals surface area (Å²) in [4.78, 5) is 26.3. The lowest BCUT2D eigenvalue weighted by atomic mass is 9.95. The van der Waals surface area contributed by atoms with Gasteiger partial charge in [-0.05, 0) is 38.7 Å². The molecule has 1 amide bonds. The Kier molecular flexibility index (Phi) is 3.17. The number of Topliss-reactive ketones (excluding diaryl/α,β-unsaturated/α-hetero) is 1. The Labute approximate surface area is 112 Å². The first kappa shape index (κ1) is 12.5. The van der Waals surface area contributed by atoms with Crippen molar-refractivity contribution >= 4 is 11.7 Å². The fourth-order valence-corrected chi connectivity index (χ4v) is 3.43. The molecule has 0 N–H and O–H groups in total. The molecule has 102 valence electrons. The van der Waals surface area contributed by atoms with Crippen molar-refractivity contribution in [1.29, 1.82) is 0 Å². The third kappa shape index (κ3) is 2.09. The van der Waals surface area contributed by atoms with Gasteiger partial charge in [-0.15, -0.1) is 0 Å². The predicted molar refractivity (Wildman–Crippen MR) is 69.9 cm³/mol. The molecule has 2 aliphatic rings. The van der Waals surface area contributed by atoms with Crippen LogP contribution in [0.1, 0.15) is 48.2 Å². The summed E-state index contributed by atoms with van der Waals surface area (Å²) < 4.78 is 5.30. The smallest absolute Gasteiger partial charge is 0.290 e. The molecular formula is C15H19NO3. The molecule has 1 aliphatic heterocycles. The highest BCUT2D eigenvalue weighted by molar-refractivity contribution is 5.94. The van der Waals surface area contributed by atoms with Gasteiger partial charge in [0.25, 0.3) is 5.91 Å². The van der Waals surface area contributed by atoms with E-state index < -0.39 is 0 Å². The Morgan fingerprint density at radius 3 is 2.84 bits per heavy atom. The maximum absolute atomic E-state index is 12.5. The fourth-order valence-electron chi connectivity index (χ4n) is 3.43. The van der Waals surface area contributed by atoms with Crippen molar-refractivity contribution in [2.75, 3.05) is 6.54 Å². The van der Waals surface area contributed by atoms with Gasteiger partial charge in [0.2, 0.25) is 0 Å². The van der Waals surface area contributed by atoms with Gasteiger partial charge in [-0.1, -0.05) is 0 Å². The Morgan fingerprint density at radius 1 is 1.37 bits per heavy atom. The van der Waals surface area contributed by atoms with Crippen LogP contribution >= 0.6 is 0 Å². The highest BCUT2D eigenvalue weighted by atomic mass is 16.3. The zero-order valence-corrected chi connectivity index (χ0v) is 11.2. The number of rotatable bonds is 2. The monoisotopic (exact) mass is 261 g/mol. The largest absolute Gasteiger partial charge is 0.459 e. The molecule has 0 radical (unpaired) electrons. The number of aryl methyl sites for hydroxylation is 1. The van der Waals surface area contributed by atoms with Crippen LogP contribution in [0.3, 0.4) is 0 Å². The van der Waals surface area contributed by atoms with Crippen molar-refractivity contribution in [3.8, 4) is 0 Å². The van der Waals surface area contributed by atoms with E-state index in [4.69, 9.17) is 4.42 Å². The van der Waals surface area contributed by atoms with Gasteiger partial charge < -0.3 is 9.32 Å². The van der Waals surface area contributed by atoms with Crippen LogP contribution in [0.15, 0.2) is 16.7 Å². The molecule has 0 spiro atoms. The van der Waals surface area contributed by atoms with Gasteiger partial charge in [0.15, 0.2) is 5.76 Å². The summed E-state index contributed by atoms with van der Waals surface area (Å²) in [6.07, 6.45) is 6.07. The van der Waals surface area contributed by atoms with Gasteiger partial charge in [-0.2, -0.15) is 0 Å². The maximum Gasteiger partial charge on any atom is 0.290 e. The minimum absolute atomic E-state index is 0.0512. The average Bonchev–Trinajstić information content (AvgIpc) is 3.07. The lowest BCUT2D eigenvalue weighted by molar-refractivity contribution is -0.121. The first-order valence-electron chi connectivity index (χ1n) is 7.06. The topological polar surface area (TPSA) is 50.5 Å². The molecule has 1 aromatic rings. The summed E-state index contributed by atoms with van der Waals surface area (Å²) in [6.45, 7) is 2.62. The Balaban J connectivity index is 1.81. The van der Waals surface area contributed by atoms with E-state index >= 15 is 0 Å². The van der Waals surface area contributed by atoms with E-state index in [9.17, 15) is 9.59 Å². The van der Waals surface area contributed by atoms with Crippen LogP contribution in [0, 0.1) is 12.8 Å². The SMILES string of the molecule is Cc1ccoc1C(=O)N1CCCC1C1CCCC1=O. The number of furan rings is 1. The number of ketones is 1. The van der Waals surface area contributed by atoms with Crippen LogP contribution in [-0.2, 0) is 4.79 Å². The standard InChI is InChI=1S/C15H19NO3/c1-10-7-9-19-14(10)15(18)16-8-3-5-12(16)11-4-2-6-13(11)17/h7,9,11-12H,2-6,8H2,1H3. The van der Waals surface area contributed by atoms with Gasteiger partial charge in [0.1, 0.15) is 5.78 Å². The summed E-state index contributed by atoms with van der Waals surface area (Å²) in [5.41, 5.74) is 0.869. The molecule has 2 heterocycles. The van der Waals surface area contributed by atoms with Gasteiger partial charge in [0, 0.05) is 30.5 Å². The zero-order chi connectivity index (χ0) is 13.4. The molecule has 19 heavy (non-hydrogen) atoms. The summed E-state index contributed by atoms with van der Waals surface area (Å²) in [5.74, 6) is 0.768. The first-order valence-corrected chi connectivity index (χ1v) is 7.06. The highest BCUT2D eigenvalue weighted by Crippen LogP contribution is 2.34. The molecule has 1 saturated carbocycles. The third-order valence-corrected chi connectivity index (χ3v) is 4.43. The molecule has 2 unspecified atom stereocenters. The third-order valence-electron chi connectivity index (χ3n) is 4.43. The molecule has 4 heteroatoms. The van der Waals surface area contributed by atoms with Gasteiger partial charge >= 0.3 is 0 Å². The highest BCUT2D eigenvalue weighted by Gasteiger charge is 2.41. The summed E-state index contributed by atoms with van der Waals surface area (Å²) in [7, 11) is 0. The lowest BCUT2D eigenvalue weighted by Crippen LogP contribution is -2.41. The molecule has 2 fully saturated rings. The molecular weight excluding hydrogens is 242 g/mol. The fraction of sp³-hybridized carbons (Fsp3) is 0.600. The summed E-state index contributed by atoms with van der Waals surface area (Å²) >= 11 is 0. The van der Waals surface area contributed by atoms with Crippen molar-refractivity contribution in [2.24, 2.45) is 5.92 Å². The van der Waals surface area contributed by atoms with E-state index in [0.717, 1.165) is 37.8 Å². The molecule has 4 nitrogen and oxygen atoms in total. The van der Waals surface area contributed by atoms with Crippen LogP contribution in [-0.4, -0.2) is 29.2 Å². The van der Waals surface area contributed by atoms with Crippen LogP contribution in [0.5, 0.6) is 0 Å². The van der Waals surface area contributed by atoms with E-state index in [2.05, 4.69) is 0 Å². The molecule has 3 rings (SSSR count). The van der Waals surface area contributed by atoms with Crippen LogP contribution in [0.25, 0.3) is 0 Å². The number of hydrogen-bond acceptors (Lipinski definition) is 3. The maximum atomic E-state index is 12.5. The average molecular weight is 261 g/mol. The normalized spacial score (nSPS) is 27.2. The number of likely N-dealkylation sites (tertiary alicyclic amines) is 1. The summed E-state index contributed by atoms with van der Waals surface area (Å²) in [6, 6.07) is 1.89. The van der Waals surface area contributed by atoms with Crippen LogP contribution < -0.4 is 0 Å². The molecule has 0 bridgehead atoms. The van der Waals surface area contributed by atoms with Crippen LogP contribution in [0.4, 0.5) is 0 Å². The summed E-state index contributed by atoms with van der Waals surface area (Å²) in [5, 5.41) is 0. The minimum atomic E-state index is -0.0512. The van der Waals surface area contributed by atoms with E-state index in [1.54, 1.807) is 12.3 Å². The molecule has 1 saturated heterocycles. The Bertz CT molecular complexity index is 505. The predicted octanol–water partition coefficient (Wildman–Crippen LogP) is 2.56. The van der Waals surface area contributed by atoms with E-state index in [-0.39, 0.29) is 17.9 Å². The number of hydrogen-bond donors (Lipinski definition) is 0. The second-order valence-electron chi connectivity index (χ2n) is 5.61. The van der Waals surface area contributed by atoms with E-state index in [1.807, 2.05) is 11.8 Å². The quantitative estimate of drug-likeness (QED) is 0.822. The molecule has 1 aromatic heterocycles. The Hall–Kier alpha value is -1.58. The van der Waals surface area contributed by atoms with Crippen molar-refractivity contribution in [2.45, 2.75) is 45.1 Å². The van der Waals surface area contributed by atoms with Gasteiger partial charge in [-0.3, -0.25) is 9.59 Å². The van der Waals surface area contributed by atoms with E-state index in [0.29, 0.717) is 18.0 Å². The first-order chi connectivity index (χ1) is 9.18. The van der Waals surface area contributed by atoms with Crippen LogP contribution in [0.2, 0.25) is 0 Å². The molecule has 2 atom stereocenters. The lowest BCUT2D eigenvalue weighted by Gasteiger charge is -2.28. The van der Waals surface area contributed by atoms with E-state index in [1.165, 1.54) is 0 Å². The minimum Gasteiger partial charge on any atom is -0.459 e. The van der Waals surface area contributed by atoms with Crippen molar-refractivity contribution in [1.82, 2.24) is 4.90 Å². The van der Waals surface area contributed by atoms with Gasteiger partial charge in [0.05, 0.1) is 6.26 Å². The Morgan fingerprint density at radius 2 is 2.21 bits per heavy atom. The molecule has 1 aliphatic carbocycles. The van der Waals surface area contributed by atoms with Gasteiger partial charge in [-0.25, -0.2) is 0 Å². The van der Waals surface area contributed by atoms with Crippen molar-refractivity contribution < 1.29 is 14.0 Å². The number of carbonyl (C=O) groups is 2.